The molecule has 1 atom stereocenters. The van der Waals surface area contributed by atoms with Crippen LogP contribution in [-0.2, 0) is 20.9 Å². The van der Waals surface area contributed by atoms with E-state index in [2.05, 4.69) is 10.4 Å². The molecule has 256 valence electrons. The molecule has 0 aliphatic carbocycles. The van der Waals surface area contributed by atoms with Crippen LogP contribution in [0, 0.1) is 6.92 Å². The number of amides is 2. The van der Waals surface area contributed by atoms with E-state index in [1.165, 1.54) is 23.1 Å². The quantitative estimate of drug-likeness (QED) is 0.156. The second kappa shape index (κ2) is 15.8. The monoisotopic (exact) mass is 710 g/mol. The average molecular weight is 712 g/mol. The molecule has 1 aliphatic rings. The van der Waals surface area contributed by atoms with Crippen LogP contribution >= 0.6 is 23.2 Å². The first-order valence-electron chi connectivity index (χ1n) is 15.2. The lowest BCUT2D eigenvalue weighted by molar-refractivity contribution is -0.145. The molecule has 13 nitrogen and oxygen atoms in total. The number of carbonyl (C=O) groups excluding carboxylic acids is 2. The highest BCUT2D eigenvalue weighted by Gasteiger charge is 2.27. The summed E-state index contributed by atoms with van der Waals surface area (Å²) in [4.78, 5) is 49.9. The summed E-state index contributed by atoms with van der Waals surface area (Å²) in [6.07, 6.45) is 2.66. The second-order valence-electron chi connectivity index (χ2n) is 11.0. The van der Waals surface area contributed by atoms with E-state index < -0.39 is 36.4 Å². The van der Waals surface area contributed by atoms with Crippen molar-refractivity contribution in [3.63, 3.8) is 0 Å². The Morgan fingerprint density at radius 1 is 1.04 bits per heavy atom. The number of nitrogens with zero attached hydrogens (tertiary/aromatic N) is 3. The highest BCUT2D eigenvalue weighted by molar-refractivity contribution is 6.31. The Bertz CT molecular complexity index is 1880. The minimum atomic E-state index is -1.60. The van der Waals surface area contributed by atoms with Gasteiger partial charge in [0, 0.05) is 45.0 Å². The van der Waals surface area contributed by atoms with Crippen LogP contribution in [0.25, 0.3) is 11.1 Å². The number of carbonyl (C=O) groups is 4. The number of anilines is 1. The van der Waals surface area contributed by atoms with Crippen LogP contribution in [0.3, 0.4) is 0 Å². The van der Waals surface area contributed by atoms with Crippen LogP contribution in [0.5, 0.6) is 11.5 Å². The fraction of sp³-hybridized carbons (Fsp3) is 0.265. The Balaban J connectivity index is 1.28. The van der Waals surface area contributed by atoms with E-state index in [0.717, 1.165) is 5.56 Å². The highest BCUT2D eigenvalue weighted by Crippen LogP contribution is 2.40. The van der Waals surface area contributed by atoms with Gasteiger partial charge in [0.05, 0.1) is 31.5 Å². The zero-order chi connectivity index (χ0) is 35.1. The molecule has 0 unspecified atom stereocenters. The standard InChI is InChI=1S/C34H32Cl2N4O9/c1-20-25(35)6-3-8-29(20)47-13-14-49-34(46)40-11-4-12-48-31-24(5-2-7-28(31)40)23-17-37-39(19-23)18-22-15-21(9-10-26(22)36)32(43)38-27(33(44)45)16-30(41)42/h2-3,5-10,15,17,19,27H,4,11-14,16,18H2,1H3,(H,38,43)(H,41,42)(H,44,45)/t27-/m0/s1. The van der Waals surface area contributed by atoms with E-state index in [1.807, 2.05) is 13.0 Å². The second-order valence-corrected chi connectivity index (χ2v) is 11.8. The van der Waals surface area contributed by atoms with E-state index in [-0.39, 0.29) is 25.3 Å². The van der Waals surface area contributed by atoms with Crippen LogP contribution in [-0.4, -0.2) is 76.3 Å². The van der Waals surface area contributed by atoms with E-state index in [9.17, 15) is 24.3 Å². The Hall–Kier alpha value is -5.27. The summed E-state index contributed by atoms with van der Waals surface area (Å²) in [5.74, 6) is -2.48. The molecule has 3 aromatic carbocycles. The summed E-state index contributed by atoms with van der Waals surface area (Å²) in [7, 11) is 0. The third kappa shape index (κ3) is 8.61. The van der Waals surface area contributed by atoms with Gasteiger partial charge in [-0.25, -0.2) is 9.59 Å². The number of aromatic nitrogens is 2. The number of rotatable bonds is 12. The van der Waals surface area contributed by atoms with Crippen molar-refractivity contribution in [2.24, 2.45) is 0 Å². The predicted molar refractivity (Wildman–Crippen MR) is 180 cm³/mol. The number of aliphatic carboxylic acids is 2. The van der Waals surface area contributed by atoms with E-state index >= 15 is 0 Å². The first-order chi connectivity index (χ1) is 23.5. The number of para-hydroxylation sites is 1. The molecule has 0 radical (unpaired) electrons. The molecule has 0 spiro atoms. The molecule has 2 heterocycles. The molecule has 0 bridgehead atoms. The lowest BCUT2D eigenvalue weighted by atomic mass is 10.1. The molecule has 1 aliphatic heterocycles. The maximum atomic E-state index is 13.2. The van der Waals surface area contributed by atoms with Gasteiger partial charge >= 0.3 is 18.0 Å². The molecule has 3 N–H and O–H groups in total. The maximum Gasteiger partial charge on any atom is 0.414 e. The van der Waals surface area contributed by atoms with Gasteiger partial charge in [0.2, 0.25) is 0 Å². The van der Waals surface area contributed by atoms with E-state index in [0.29, 0.717) is 63.5 Å². The normalized spacial score (nSPS) is 13.0. The highest BCUT2D eigenvalue weighted by atomic mass is 35.5. The lowest BCUT2D eigenvalue weighted by Gasteiger charge is -2.22. The van der Waals surface area contributed by atoms with Crippen molar-refractivity contribution in [3.8, 4) is 22.6 Å². The zero-order valence-corrected chi connectivity index (χ0v) is 27.7. The Morgan fingerprint density at radius 3 is 2.61 bits per heavy atom. The molecular formula is C34H32Cl2N4O9. The number of halogens is 2. The minimum Gasteiger partial charge on any atom is -0.491 e. The molecule has 49 heavy (non-hydrogen) atoms. The number of fused-ring (bicyclic) bond motifs is 1. The molecular weight excluding hydrogens is 679 g/mol. The van der Waals surface area contributed by atoms with Gasteiger partial charge < -0.3 is 29.7 Å². The van der Waals surface area contributed by atoms with Crippen molar-refractivity contribution in [2.45, 2.75) is 32.4 Å². The largest absolute Gasteiger partial charge is 0.491 e. The van der Waals surface area contributed by atoms with Gasteiger partial charge in [-0.2, -0.15) is 5.10 Å². The Kier molecular flexibility index (Phi) is 11.3. The smallest absolute Gasteiger partial charge is 0.414 e. The number of ether oxygens (including phenoxy) is 3. The maximum absolute atomic E-state index is 13.2. The van der Waals surface area contributed by atoms with Crippen molar-refractivity contribution in [2.75, 3.05) is 31.3 Å². The summed E-state index contributed by atoms with van der Waals surface area (Å²) in [5.41, 5.74) is 3.35. The van der Waals surface area contributed by atoms with Crippen molar-refractivity contribution in [1.29, 1.82) is 0 Å². The third-order valence-corrected chi connectivity index (χ3v) is 8.41. The van der Waals surface area contributed by atoms with Crippen LogP contribution in [0.15, 0.2) is 67.0 Å². The van der Waals surface area contributed by atoms with Gasteiger partial charge in [0.1, 0.15) is 25.0 Å². The summed E-state index contributed by atoms with van der Waals surface area (Å²) in [6.45, 7) is 2.93. The summed E-state index contributed by atoms with van der Waals surface area (Å²) < 4.78 is 19.0. The number of hydrogen-bond donors (Lipinski definition) is 3. The van der Waals surface area contributed by atoms with E-state index in [4.69, 9.17) is 42.5 Å². The van der Waals surface area contributed by atoms with Gasteiger partial charge in [-0.3, -0.25) is 19.2 Å². The summed E-state index contributed by atoms with van der Waals surface area (Å²) in [5, 5.41) is 25.9. The number of benzene rings is 3. The first-order valence-corrected chi connectivity index (χ1v) is 15.9. The number of carboxylic acid groups (broad SMARTS) is 2. The molecule has 1 aromatic heterocycles. The van der Waals surface area contributed by atoms with Gasteiger partial charge in [-0.15, -0.1) is 0 Å². The predicted octanol–water partition coefficient (Wildman–Crippen LogP) is 5.68. The molecule has 0 fully saturated rings. The van der Waals surface area contributed by atoms with Gasteiger partial charge in [-0.05, 0) is 55.3 Å². The Labute approximate surface area is 290 Å². The molecule has 0 saturated heterocycles. The zero-order valence-electron chi connectivity index (χ0n) is 26.2. The number of hydrogen-bond acceptors (Lipinski definition) is 8. The minimum absolute atomic E-state index is 0.0256. The van der Waals surface area contributed by atoms with Gasteiger partial charge in [0.15, 0.2) is 5.75 Å². The topological polar surface area (TPSA) is 170 Å². The SMILES string of the molecule is Cc1c(Cl)cccc1OCCOC(=O)N1CCCOc2c(-c3cnn(Cc4cc(C(=O)N[C@@H](CC(=O)O)C(=O)O)ccc4Cl)c3)cccc21. The molecule has 2 amide bonds. The van der Waals surface area contributed by atoms with Crippen molar-refractivity contribution >= 4 is 52.8 Å². The number of nitrogens with one attached hydrogen (secondary N) is 1. The fourth-order valence-electron chi connectivity index (χ4n) is 5.14. The van der Waals surface area contributed by atoms with E-state index in [1.54, 1.807) is 47.4 Å². The first kappa shape index (κ1) is 35.0. The Morgan fingerprint density at radius 2 is 1.84 bits per heavy atom. The molecule has 0 saturated carbocycles. The van der Waals surface area contributed by atoms with Crippen LogP contribution in [0.2, 0.25) is 10.0 Å². The molecule has 5 rings (SSSR count). The van der Waals surface area contributed by atoms with Crippen LogP contribution in [0.4, 0.5) is 10.5 Å². The van der Waals surface area contributed by atoms with Crippen LogP contribution < -0.4 is 19.7 Å². The van der Waals surface area contributed by atoms with Crippen LogP contribution in [0.1, 0.15) is 34.3 Å². The fourth-order valence-corrected chi connectivity index (χ4v) is 5.49. The molecule has 4 aromatic rings. The summed E-state index contributed by atoms with van der Waals surface area (Å²) >= 11 is 12.6. The average Bonchev–Trinajstić information content (AvgIpc) is 3.42. The number of carboxylic acids is 2. The third-order valence-electron chi connectivity index (χ3n) is 7.63. The van der Waals surface area contributed by atoms with Crippen molar-refractivity contribution in [1.82, 2.24) is 15.1 Å². The summed E-state index contributed by atoms with van der Waals surface area (Å²) in [6, 6.07) is 13.6. The molecule has 15 heteroatoms. The van der Waals surface area contributed by atoms with Crippen molar-refractivity contribution < 1.29 is 43.6 Å². The van der Waals surface area contributed by atoms with Crippen molar-refractivity contribution in [3.05, 3.63) is 93.7 Å². The lowest BCUT2D eigenvalue weighted by Crippen LogP contribution is -2.42. The van der Waals surface area contributed by atoms with Gasteiger partial charge in [-0.1, -0.05) is 41.4 Å². The van der Waals surface area contributed by atoms with Gasteiger partial charge in [0.25, 0.3) is 5.91 Å².